The van der Waals surface area contributed by atoms with E-state index in [0.717, 1.165) is 4.47 Å². The Kier molecular flexibility index (Phi) is 6.24. The average molecular weight is 370 g/mol. The minimum absolute atomic E-state index is 0.0144. The van der Waals surface area contributed by atoms with Crippen LogP contribution in [-0.4, -0.2) is 43.1 Å². The third-order valence-corrected chi connectivity index (χ3v) is 4.12. The van der Waals surface area contributed by atoms with Crippen molar-refractivity contribution in [2.24, 2.45) is 5.92 Å². The number of halogens is 1. The topological polar surface area (TPSA) is 55.8 Å². The van der Waals surface area contributed by atoms with Crippen LogP contribution in [0.1, 0.15) is 19.8 Å². The van der Waals surface area contributed by atoms with Gasteiger partial charge in [0, 0.05) is 17.6 Å². The molecule has 0 aromatic heterocycles. The fourth-order valence-electron chi connectivity index (χ4n) is 2.42. The first-order valence-electron chi connectivity index (χ1n) is 7.43. The van der Waals surface area contributed by atoms with Crippen molar-refractivity contribution >= 4 is 27.8 Å². The highest BCUT2D eigenvalue weighted by Gasteiger charge is 2.28. The molecule has 1 heterocycles. The summed E-state index contributed by atoms with van der Waals surface area (Å²) in [5.41, 5.74) is 0. The molecule has 1 aliphatic rings. The number of nitrogens with zero attached hydrogens (tertiary/aromatic N) is 1. The number of benzene rings is 1. The van der Waals surface area contributed by atoms with Crippen LogP contribution >= 0.6 is 15.9 Å². The van der Waals surface area contributed by atoms with Crippen molar-refractivity contribution in [3.8, 4) is 5.75 Å². The number of likely N-dealkylation sites (tertiary alicyclic amines) is 1. The molecule has 1 fully saturated rings. The maximum atomic E-state index is 12.1. The van der Waals surface area contributed by atoms with Gasteiger partial charge < -0.3 is 14.4 Å². The van der Waals surface area contributed by atoms with Crippen molar-refractivity contribution in [1.29, 1.82) is 0 Å². The number of hydrogen-bond acceptors (Lipinski definition) is 4. The Morgan fingerprint density at radius 3 is 2.68 bits per heavy atom. The molecule has 0 unspecified atom stereocenters. The SMILES string of the molecule is CCOC(=O)C1CCN(C(=O)COc2cccc(Br)c2)CC1. The van der Waals surface area contributed by atoms with Crippen molar-refractivity contribution in [2.75, 3.05) is 26.3 Å². The van der Waals surface area contributed by atoms with Gasteiger partial charge in [0.25, 0.3) is 5.91 Å². The summed E-state index contributed by atoms with van der Waals surface area (Å²) in [4.78, 5) is 25.5. The Bertz CT molecular complexity index is 527. The molecule has 1 aromatic carbocycles. The van der Waals surface area contributed by atoms with E-state index in [1.165, 1.54) is 0 Å². The number of carbonyl (C=O) groups excluding carboxylic acids is 2. The van der Waals surface area contributed by atoms with E-state index in [0.29, 0.717) is 38.3 Å². The van der Waals surface area contributed by atoms with E-state index in [2.05, 4.69) is 15.9 Å². The van der Waals surface area contributed by atoms with Crippen LogP contribution < -0.4 is 4.74 Å². The molecule has 22 heavy (non-hydrogen) atoms. The summed E-state index contributed by atoms with van der Waals surface area (Å²) in [6.45, 7) is 3.36. The third-order valence-electron chi connectivity index (χ3n) is 3.63. The first-order valence-corrected chi connectivity index (χ1v) is 8.22. The molecular weight excluding hydrogens is 350 g/mol. The Labute approximate surface area is 138 Å². The lowest BCUT2D eigenvalue weighted by molar-refractivity contribution is -0.151. The van der Waals surface area contributed by atoms with Gasteiger partial charge in [-0.05, 0) is 38.0 Å². The summed E-state index contributed by atoms with van der Waals surface area (Å²) in [7, 11) is 0. The highest BCUT2D eigenvalue weighted by atomic mass is 79.9. The van der Waals surface area contributed by atoms with Gasteiger partial charge in [0.2, 0.25) is 0 Å². The molecule has 2 rings (SSSR count). The van der Waals surface area contributed by atoms with E-state index in [1.807, 2.05) is 24.3 Å². The summed E-state index contributed by atoms with van der Waals surface area (Å²) in [5, 5.41) is 0. The van der Waals surface area contributed by atoms with Crippen LogP contribution in [0.25, 0.3) is 0 Å². The maximum absolute atomic E-state index is 12.1. The van der Waals surface area contributed by atoms with Crippen molar-refractivity contribution < 1.29 is 19.1 Å². The summed E-state index contributed by atoms with van der Waals surface area (Å²) in [5.74, 6) is 0.362. The van der Waals surface area contributed by atoms with Gasteiger partial charge in [0.05, 0.1) is 12.5 Å². The molecule has 1 saturated heterocycles. The minimum atomic E-state index is -0.153. The van der Waals surface area contributed by atoms with Gasteiger partial charge >= 0.3 is 5.97 Å². The molecule has 120 valence electrons. The van der Waals surface area contributed by atoms with Crippen LogP contribution in [-0.2, 0) is 14.3 Å². The molecule has 0 radical (unpaired) electrons. The van der Waals surface area contributed by atoms with Gasteiger partial charge in [-0.3, -0.25) is 9.59 Å². The van der Waals surface area contributed by atoms with E-state index in [9.17, 15) is 9.59 Å². The first-order chi connectivity index (χ1) is 10.6. The Morgan fingerprint density at radius 2 is 2.05 bits per heavy atom. The van der Waals surface area contributed by atoms with E-state index in [-0.39, 0.29) is 24.4 Å². The quantitative estimate of drug-likeness (QED) is 0.748. The molecule has 0 N–H and O–H groups in total. The van der Waals surface area contributed by atoms with Crippen molar-refractivity contribution in [3.05, 3.63) is 28.7 Å². The summed E-state index contributed by atoms with van der Waals surface area (Å²) in [6, 6.07) is 7.38. The Balaban J connectivity index is 1.76. The normalized spacial score (nSPS) is 15.5. The number of carbonyl (C=O) groups is 2. The van der Waals surface area contributed by atoms with E-state index in [1.54, 1.807) is 11.8 Å². The average Bonchev–Trinajstić information content (AvgIpc) is 2.53. The smallest absolute Gasteiger partial charge is 0.309 e. The van der Waals surface area contributed by atoms with E-state index in [4.69, 9.17) is 9.47 Å². The molecule has 0 saturated carbocycles. The van der Waals surface area contributed by atoms with Crippen LogP contribution in [0.2, 0.25) is 0 Å². The molecule has 6 heteroatoms. The molecule has 1 aromatic rings. The van der Waals surface area contributed by atoms with E-state index >= 15 is 0 Å². The molecule has 1 amide bonds. The molecule has 0 bridgehead atoms. The van der Waals surface area contributed by atoms with Crippen LogP contribution in [0, 0.1) is 5.92 Å². The molecule has 1 aliphatic heterocycles. The van der Waals surface area contributed by atoms with Crippen LogP contribution in [0.4, 0.5) is 0 Å². The number of amides is 1. The highest BCUT2D eigenvalue weighted by molar-refractivity contribution is 9.10. The number of piperidine rings is 1. The van der Waals surface area contributed by atoms with Gasteiger partial charge in [-0.25, -0.2) is 0 Å². The third kappa shape index (κ3) is 4.73. The zero-order valence-corrected chi connectivity index (χ0v) is 14.2. The molecule has 5 nitrogen and oxygen atoms in total. The van der Waals surface area contributed by atoms with Crippen LogP contribution in [0.5, 0.6) is 5.75 Å². The van der Waals surface area contributed by atoms with Gasteiger partial charge in [-0.15, -0.1) is 0 Å². The van der Waals surface area contributed by atoms with Gasteiger partial charge in [0.15, 0.2) is 6.61 Å². The highest BCUT2D eigenvalue weighted by Crippen LogP contribution is 2.20. The van der Waals surface area contributed by atoms with Crippen molar-refractivity contribution in [2.45, 2.75) is 19.8 Å². The molecular formula is C16H20BrNO4. The van der Waals surface area contributed by atoms with Crippen molar-refractivity contribution in [3.63, 3.8) is 0 Å². The molecule has 0 aliphatic carbocycles. The van der Waals surface area contributed by atoms with Crippen LogP contribution in [0.3, 0.4) is 0 Å². The second-order valence-corrected chi connectivity index (χ2v) is 6.07. The second kappa shape index (κ2) is 8.17. The fourth-order valence-corrected chi connectivity index (χ4v) is 2.80. The second-order valence-electron chi connectivity index (χ2n) is 5.15. The number of ether oxygens (including phenoxy) is 2. The lowest BCUT2D eigenvalue weighted by atomic mass is 9.97. The fraction of sp³-hybridized carbons (Fsp3) is 0.500. The Hall–Kier alpha value is -1.56. The summed E-state index contributed by atoms with van der Waals surface area (Å²) in [6.07, 6.45) is 1.31. The standard InChI is InChI=1S/C16H20BrNO4/c1-2-21-16(20)12-6-8-18(9-7-12)15(19)11-22-14-5-3-4-13(17)10-14/h3-5,10,12H,2,6-9,11H2,1H3. The molecule has 0 spiro atoms. The van der Waals surface area contributed by atoms with Gasteiger partial charge in [0.1, 0.15) is 5.75 Å². The minimum Gasteiger partial charge on any atom is -0.484 e. The maximum Gasteiger partial charge on any atom is 0.309 e. The predicted octanol–water partition coefficient (Wildman–Crippen LogP) is 2.63. The van der Waals surface area contributed by atoms with Gasteiger partial charge in [-0.2, -0.15) is 0 Å². The number of hydrogen-bond donors (Lipinski definition) is 0. The Morgan fingerprint density at radius 1 is 1.32 bits per heavy atom. The van der Waals surface area contributed by atoms with E-state index < -0.39 is 0 Å². The predicted molar refractivity (Wildman–Crippen MR) is 85.6 cm³/mol. The number of rotatable bonds is 5. The molecule has 0 atom stereocenters. The van der Waals surface area contributed by atoms with Gasteiger partial charge in [-0.1, -0.05) is 22.0 Å². The largest absolute Gasteiger partial charge is 0.484 e. The zero-order valence-electron chi connectivity index (χ0n) is 12.6. The van der Waals surface area contributed by atoms with Crippen LogP contribution in [0.15, 0.2) is 28.7 Å². The lowest BCUT2D eigenvalue weighted by Gasteiger charge is -2.30. The van der Waals surface area contributed by atoms with Crippen molar-refractivity contribution in [1.82, 2.24) is 4.90 Å². The monoisotopic (exact) mass is 369 g/mol. The summed E-state index contributed by atoms with van der Waals surface area (Å²) < 4.78 is 11.4. The number of esters is 1. The first kappa shape index (κ1) is 16.8. The summed E-state index contributed by atoms with van der Waals surface area (Å²) >= 11 is 3.36. The lowest BCUT2D eigenvalue weighted by Crippen LogP contribution is -2.42. The zero-order chi connectivity index (χ0) is 15.9.